The fourth-order valence-electron chi connectivity index (χ4n) is 1.56. The minimum atomic E-state index is -0.536. The summed E-state index contributed by atoms with van der Waals surface area (Å²) in [6.07, 6.45) is 0.0385. The van der Waals surface area contributed by atoms with E-state index in [1.54, 1.807) is 6.92 Å². The molecule has 1 heterocycles. The Hall–Kier alpha value is -0.940. The fraction of sp³-hybridized carbons (Fsp3) is 0.800. The van der Waals surface area contributed by atoms with Crippen LogP contribution < -0.4 is 5.73 Å². The Kier molecular flexibility index (Phi) is 3.46. The van der Waals surface area contributed by atoms with E-state index in [9.17, 15) is 9.59 Å². The minimum absolute atomic E-state index is 0.166. The van der Waals surface area contributed by atoms with Crippen LogP contribution >= 0.6 is 0 Å². The molecule has 0 bridgehead atoms. The van der Waals surface area contributed by atoms with E-state index in [0.717, 1.165) is 0 Å². The van der Waals surface area contributed by atoms with E-state index >= 15 is 0 Å². The lowest BCUT2D eigenvalue weighted by Crippen LogP contribution is -2.46. The summed E-state index contributed by atoms with van der Waals surface area (Å²) in [6, 6.07) is 0. The summed E-state index contributed by atoms with van der Waals surface area (Å²) in [5, 5.41) is 0. The van der Waals surface area contributed by atoms with Gasteiger partial charge in [0.2, 0.25) is 11.8 Å². The van der Waals surface area contributed by atoms with Gasteiger partial charge in [-0.25, -0.2) is 0 Å². The number of carbonyl (C=O) groups excluding carboxylic acids is 2. The average Bonchev–Trinajstić information content (AvgIpc) is 2.45. The zero-order valence-electron chi connectivity index (χ0n) is 9.45. The first-order chi connectivity index (χ1) is 6.87. The Bertz CT molecular complexity index is 260. The van der Waals surface area contributed by atoms with Gasteiger partial charge in [-0.15, -0.1) is 0 Å². The molecule has 0 aliphatic carbocycles. The molecule has 0 aromatic rings. The van der Waals surface area contributed by atoms with Gasteiger partial charge < -0.3 is 10.5 Å². The number of nitrogens with two attached hydrogens (primary N) is 1. The number of amides is 2. The van der Waals surface area contributed by atoms with Gasteiger partial charge in [0.1, 0.15) is 6.23 Å². The molecular formula is C10H18N2O3. The third-order valence-electron chi connectivity index (χ3n) is 2.43. The van der Waals surface area contributed by atoms with E-state index in [2.05, 4.69) is 0 Å². The molecule has 0 radical (unpaired) electrons. The third kappa shape index (κ3) is 2.76. The van der Waals surface area contributed by atoms with Crippen LogP contribution in [0, 0.1) is 0 Å². The second-order valence-electron chi connectivity index (χ2n) is 4.34. The maximum Gasteiger partial charge on any atom is 0.231 e. The predicted octanol–water partition coefficient (Wildman–Crippen LogP) is 0.235. The molecule has 15 heavy (non-hydrogen) atoms. The summed E-state index contributed by atoms with van der Waals surface area (Å²) in [5.74, 6) is -0.333. The first kappa shape index (κ1) is 12.1. The Morgan fingerprint density at radius 1 is 1.40 bits per heavy atom. The average molecular weight is 214 g/mol. The molecule has 1 unspecified atom stereocenters. The number of rotatable bonds is 4. The second kappa shape index (κ2) is 4.28. The molecule has 1 saturated heterocycles. The highest BCUT2D eigenvalue weighted by molar-refractivity contribution is 6.02. The van der Waals surface area contributed by atoms with E-state index in [0.29, 0.717) is 6.54 Å². The van der Waals surface area contributed by atoms with Crippen molar-refractivity contribution in [3.8, 4) is 0 Å². The van der Waals surface area contributed by atoms with Crippen molar-refractivity contribution in [3.63, 3.8) is 0 Å². The van der Waals surface area contributed by atoms with Gasteiger partial charge >= 0.3 is 0 Å². The Balaban J connectivity index is 2.64. The molecule has 2 N–H and O–H groups in total. The zero-order chi connectivity index (χ0) is 11.6. The van der Waals surface area contributed by atoms with E-state index in [4.69, 9.17) is 10.5 Å². The van der Waals surface area contributed by atoms with Gasteiger partial charge in [-0.3, -0.25) is 14.5 Å². The molecule has 1 fully saturated rings. The van der Waals surface area contributed by atoms with Crippen molar-refractivity contribution in [2.75, 3.05) is 6.54 Å². The molecule has 2 amide bonds. The summed E-state index contributed by atoms with van der Waals surface area (Å²) in [7, 11) is 0. The summed E-state index contributed by atoms with van der Waals surface area (Å²) in [4.78, 5) is 24.0. The van der Waals surface area contributed by atoms with Gasteiger partial charge in [0.15, 0.2) is 0 Å². The van der Waals surface area contributed by atoms with Crippen molar-refractivity contribution >= 4 is 11.8 Å². The van der Waals surface area contributed by atoms with Crippen molar-refractivity contribution in [2.45, 2.75) is 45.4 Å². The fourth-order valence-corrected chi connectivity index (χ4v) is 1.56. The van der Waals surface area contributed by atoms with Crippen LogP contribution in [0.4, 0.5) is 0 Å². The normalized spacial score (nSPS) is 19.9. The Morgan fingerprint density at radius 2 is 1.87 bits per heavy atom. The highest BCUT2D eigenvalue weighted by atomic mass is 16.5. The number of hydrogen-bond donors (Lipinski definition) is 1. The van der Waals surface area contributed by atoms with Crippen LogP contribution in [0.15, 0.2) is 0 Å². The summed E-state index contributed by atoms with van der Waals surface area (Å²) < 4.78 is 5.57. The molecule has 0 spiro atoms. The second-order valence-corrected chi connectivity index (χ2v) is 4.34. The molecule has 1 rings (SSSR count). The molecule has 1 aliphatic heterocycles. The standard InChI is InChI=1S/C10H18N2O3/c1-7(15-10(2,3)6-11)12-8(13)4-5-9(12)14/h7H,4-6,11H2,1-3H3. The minimum Gasteiger partial charge on any atom is -0.351 e. The van der Waals surface area contributed by atoms with E-state index in [1.807, 2.05) is 13.8 Å². The van der Waals surface area contributed by atoms with Crippen molar-refractivity contribution < 1.29 is 14.3 Å². The summed E-state index contributed by atoms with van der Waals surface area (Å²) in [5.41, 5.74) is 4.98. The maximum absolute atomic E-state index is 11.4. The lowest BCUT2D eigenvalue weighted by Gasteiger charge is -2.31. The van der Waals surface area contributed by atoms with Crippen molar-refractivity contribution in [1.82, 2.24) is 4.90 Å². The highest BCUT2D eigenvalue weighted by Crippen LogP contribution is 2.19. The van der Waals surface area contributed by atoms with Gasteiger partial charge in [0.05, 0.1) is 5.60 Å². The van der Waals surface area contributed by atoms with E-state index in [-0.39, 0.29) is 24.7 Å². The molecule has 0 aromatic carbocycles. The topological polar surface area (TPSA) is 72.6 Å². The van der Waals surface area contributed by atoms with Crippen LogP contribution in [0.3, 0.4) is 0 Å². The molecule has 0 aromatic heterocycles. The molecular weight excluding hydrogens is 196 g/mol. The molecule has 0 saturated carbocycles. The van der Waals surface area contributed by atoms with Crippen LogP contribution in [0.1, 0.15) is 33.6 Å². The summed E-state index contributed by atoms with van der Waals surface area (Å²) in [6.45, 7) is 5.69. The molecule has 1 aliphatic rings. The van der Waals surface area contributed by atoms with Gasteiger partial charge in [0.25, 0.3) is 0 Å². The number of imide groups is 1. The SMILES string of the molecule is CC(OC(C)(C)CN)N1C(=O)CCC1=O. The predicted molar refractivity (Wildman–Crippen MR) is 54.8 cm³/mol. The van der Waals surface area contributed by atoms with Crippen molar-refractivity contribution in [3.05, 3.63) is 0 Å². The Morgan fingerprint density at radius 3 is 2.27 bits per heavy atom. The highest BCUT2D eigenvalue weighted by Gasteiger charge is 2.35. The molecule has 5 nitrogen and oxygen atoms in total. The number of carbonyl (C=O) groups is 2. The largest absolute Gasteiger partial charge is 0.351 e. The van der Waals surface area contributed by atoms with Crippen LogP contribution in [-0.4, -0.2) is 35.1 Å². The molecule has 1 atom stereocenters. The monoisotopic (exact) mass is 214 g/mol. The van der Waals surface area contributed by atoms with Gasteiger partial charge in [-0.1, -0.05) is 0 Å². The number of hydrogen-bond acceptors (Lipinski definition) is 4. The van der Waals surface area contributed by atoms with Gasteiger partial charge in [0, 0.05) is 19.4 Å². The van der Waals surface area contributed by atoms with Crippen LogP contribution in [0.5, 0.6) is 0 Å². The smallest absolute Gasteiger partial charge is 0.231 e. The van der Waals surface area contributed by atoms with Crippen molar-refractivity contribution in [2.24, 2.45) is 5.73 Å². The van der Waals surface area contributed by atoms with Crippen molar-refractivity contribution in [1.29, 1.82) is 0 Å². The van der Waals surface area contributed by atoms with Crippen LogP contribution in [0.2, 0.25) is 0 Å². The van der Waals surface area contributed by atoms with Crippen LogP contribution in [0.25, 0.3) is 0 Å². The first-order valence-electron chi connectivity index (χ1n) is 5.10. The number of ether oxygens (including phenoxy) is 1. The number of nitrogens with zero attached hydrogens (tertiary/aromatic N) is 1. The summed E-state index contributed by atoms with van der Waals surface area (Å²) >= 11 is 0. The third-order valence-corrected chi connectivity index (χ3v) is 2.43. The quantitative estimate of drug-likeness (QED) is 0.680. The number of likely N-dealkylation sites (tertiary alicyclic amines) is 1. The Labute approximate surface area is 89.6 Å². The van der Waals surface area contributed by atoms with E-state index in [1.165, 1.54) is 4.90 Å². The van der Waals surface area contributed by atoms with Crippen LogP contribution in [-0.2, 0) is 14.3 Å². The first-order valence-corrected chi connectivity index (χ1v) is 5.10. The lowest BCUT2D eigenvalue weighted by atomic mass is 10.1. The molecule has 5 heteroatoms. The lowest BCUT2D eigenvalue weighted by molar-refractivity contribution is -0.164. The van der Waals surface area contributed by atoms with E-state index < -0.39 is 11.8 Å². The zero-order valence-corrected chi connectivity index (χ0v) is 9.45. The van der Waals surface area contributed by atoms with Gasteiger partial charge in [-0.05, 0) is 20.8 Å². The van der Waals surface area contributed by atoms with Gasteiger partial charge in [-0.2, -0.15) is 0 Å². The molecule has 86 valence electrons. The maximum atomic E-state index is 11.4.